The molecule has 2 N–H and O–H groups in total. The Kier molecular flexibility index (Phi) is 3.47. The van der Waals surface area contributed by atoms with Crippen LogP contribution in [0.1, 0.15) is 17.3 Å². The Bertz CT molecular complexity index is 318. The largest absolute Gasteiger partial charge is 0.321 e. The lowest BCUT2D eigenvalue weighted by Crippen LogP contribution is -2.27. The summed E-state index contributed by atoms with van der Waals surface area (Å²) in [5.74, 6) is -0.155. The van der Waals surface area contributed by atoms with Crippen LogP contribution < -0.4 is 5.73 Å². The van der Waals surface area contributed by atoms with Gasteiger partial charge < -0.3 is 5.73 Å². The van der Waals surface area contributed by atoms with Crippen LogP contribution in [-0.4, -0.2) is 11.8 Å². The fourth-order valence-corrected chi connectivity index (χ4v) is 1.90. The number of hydrogen-bond donors (Lipinski definition) is 1. The lowest BCUT2D eigenvalue weighted by molar-refractivity contribution is 0.0967. The Morgan fingerprint density at radius 2 is 2.23 bits per heavy atom. The van der Waals surface area contributed by atoms with E-state index in [1.54, 1.807) is 25.1 Å². The summed E-state index contributed by atoms with van der Waals surface area (Å²) in [6.07, 6.45) is 0. The number of carbonyl (C=O) groups is 1. The van der Waals surface area contributed by atoms with Crippen LogP contribution in [0.15, 0.2) is 22.7 Å². The number of hydrogen-bond acceptors (Lipinski definition) is 2. The van der Waals surface area contributed by atoms with Gasteiger partial charge in [-0.25, -0.2) is 0 Å². The molecule has 0 aromatic heterocycles. The number of nitrogens with two attached hydrogens (primary N) is 1. The molecule has 0 spiro atoms. The standard InChI is InChI=1S/C9H9BrClNO/c1-5(12)9(13)8-6(10)3-2-4-7(8)11/h2-5H,12H2,1H3. The van der Waals surface area contributed by atoms with Crippen molar-refractivity contribution in [3.63, 3.8) is 0 Å². The second-order valence-corrected chi connectivity index (χ2v) is 4.01. The van der Waals surface area contributed by atoms with E-state index in [-0.39, 0.29) is 5.78 Å². The monoisotopic (exact) mass is 261 g/mol. The summed E-state index contributed by atoms with van der Waals surface area (Å²) in [5, 5.41) is 0.427. The van der Waals surface area contributed by atoms with Gasteiger partial charge in [-0.05, 0) is 35.0 Å². The first-order valence-electron chi connectivity index (χ1n) is 3.78. The van der Waals surface area contributed by atoms with E-state index in [1.165, 1.54) is 0 Å². The summed E-state index contributed by atoms with van der Waals surface area (Å²) < 4.78 is 0.683. The fourth-order valence-electron chi connectivity index (χ4n) is 0.961. The van der Waals surface area contributed by atoms with Gasteiger partial charge in [0.1, 0.15) is 0 Å². The first-order chi connectivity index (χ1) is 6.04. The normalized spacial score (nSPS) is 12.6. The first-order valence-corrected chi connectivity index (χ1v) is 4.95. The van der Waals surface area contributed by atoms with Crippen LogP contribution in [0.3, 0.4) is 0 Å². The molecule has 0 heterocycles. The average molecular weight is 263 g/mol. The molecule has 2 nitrogen and oxygen atoms in total. The number of benzene rings is 1. The van der Waals surface area contributed by atoms with Crippen molar-refractivity contribution in [2.75, 3.05) is 0 Å². The molecule has 0 aliphatic carbocycles. The molecule has 0 amide bonds. The van der Waals surface area contributed by atoms with E-state index in [0.717, 1.165) is 0 Å². The summed E-state index contributed by atoms with van der Waals surface area (Å²) in [4.78, 5) is 11.5. The molecule has 0 fully saturated rings. The highest BCUT2D eigenvalue weighted by Gasteiger charge is 2.16. The van der Waals surface area contributed by atoms with Crippen LogP contribution in [0.2, 0.25) is 5.02 Å². The van der Waals surface area contributed by atoms with Crippen LogP contribution in [0.25, 0.3) is 0 Å². The van der Waals surface area contributed by atoms with Gasteiger partial charge in [0.2, 0.25) is 0 Å². The van der Waals surface area contributed by atoms with E-state index < -0.39 is 6.04 Å². The molecule has 0 aliphatic rings. The summed E-state index contributed by atoms with van der Waals surface area (Å²) in [6, 6.07) is 4.67. The average Bonchev–Trinajstić information content (AvgIpc) is 2.03. The van der Waals surface area contributed by atoms with Gasteiger partial charge in [-0.15, -0.1) is 0 Å². The highest BCUT2D eigenvalue weighted by molar-refractivity contribution is 9.10. The van der Waals surface area contributed by atoms with Crippen molar-refractivity contribution in [1.29, 1.82) is 0 Å². The Hall–Kier alpha value is -0.380. The van der Waals surface area contributed by atoms with Crippen molar-refractivity contribution in [3.8, 4) is 0 Å². The highest BCUT2D eigenvalue weighted by Crippen LogP contribution is 2.25. The zero-order chi connectivity index (χ0) is 10.0. The zero-order valence-electron chi connectivity index (χ0n) is 7.05. The molecule has 4 heteroatoms. The molecular weight excluding hydrogens is 253 g/mol. The Morgan fingerprint density at radius 1 is 1.62 bits per heavy atom. The van der Waals surface area contributed by atoms with Crippen LogP contribution in [0.4, 0.5) is 0 Å². The maximum Gasteiger partial charge on any atom is 0.181 e. The number of rotatable bonds is 2. The minimum atomic E-state index is -0.531. The number of Topliss-reactive ketones (excluding diaryl/α,β-unsaturated/α-hetero) is 1. The molecule has 13 heavy (non-hydrogen) atoms. The van der Waals surface area contributed by atoms with E-state index in [4.69, 9.17) is 17.3 Å². The van der Waals surface area contributed by atoms with Crippen molar-refractivity contribution in [2.45, 2.75) is 13.0 Å². The van der Waals surface area contributed by atoms with Crippen molar-refractivity contribution < 1.29 is 4.79 Å². The van der Waals surface area contributed by atoms with Gasteiger partial charge in [-0.2, -0.15) is 0 Å². The first kappa shape index (κ1) is 10.7. The topological polar surface area (TPSA) is 43.1 Å². The minimum Gasteiger partial charge on any atom is -0.321 e. The predicted molar refractivity (Wildman–Crippen MR) is 57.1 cm³/mol. The molecule has 0 saturated carbocycles. The van der Waals surface area contributed by atoms with E-state index in [0.29, 0.717) is 15.1 Å². The third-order valence-electron chi connectivity index (χ3n) is 1.62. The van der Waals surface area contributed by atoms with Crippen LogP contribution in [0.5, 0.6) is 0 Å². The summed E-state index contributed by atoms with van der Waals surface area (Å²) in [7, 11) is 0. The van der Waals surface area contributed by atoms with E-state index in [9.17, 15) is 4.79 Å². The van der Waals surface area contributed by atoms with Crippen LogP contribution in [0, 0.1) is 0 Å². The van der Waals surface area contributed by atoms with E-state index in [1.807, 2.05) is 0 Å². The second kappa shape index (κ2) is 4.22. The summed E-state index contributed by atoms with van der Waals surface area (Å²) in [5.41, 5.74) is 5.93. The maximum absolute atomic E-state index is 11.5. The minimum absolute atomic E-state index is 0.155. The third kappa shape index (κ3) is 2.30. The Morgan fingerprint density at radius 3 is 2.69 bits per heavy atom. The lowest BCUT2D eigenvalue weighted by atomic mass is 10.1. The molecule has 0 radical (unpaired) electrons. The van der Waals surface area contributed by atoms with Crippen molar-refractivity contribution >= 4 is 33.3 Å². The van der Waals surface area contributed by atoms with Crippen molar-refractivity contribution in [1.82, 2.24) is 0 Å². The smallest absolute Gasteiger partial charge is 0.181 e. The van der Waals surface area contributed by atoms with Gasteiger partial charge in [0.05, 0.1) is 16.6 Å². The number of ketones is 1. The zero-order valence-corrected chi connectivity index (χ0v) is 9.39. The van der Waals surface area contributed by atoms with E-state index in [2.05, 4.69) is 15.9 Å². The Balaban J connectivity index is 3.20. The molecule has 1 atom stereocenters. The summed E-state index contributed by atoms with van der Waals surface area (Å²) >= 11 is 9.12. The fraction of sp³-hybridized carbons (Fsp3) is 0.222. The number of halogens is 2. The molecule has 1 aromatic rings. The van der Waals surface area contributed by atoms with Crippen molar-refractivity contribution in [3.05, 3.63) is 33.3 Å². The second-order valence-electron chi connectivity index (χ2n) is 2.75. The third-order valence-corrected chi connectivity index (χ3v) is 2.60. The quantitative estimate of drug-likeness (QED) is 0.833. The van der Waals surface area contributed by atoms with Gasteiger partial charge in [-0.1, -0.05) is 17.7 Å². The maximum atomic E-state index is 11.5. The molecule has 0 saturated heterocycles. The molecular formula is C9H9BrClNO. The van der Waals surface area contributed by atoms with Crippen molar-refractivity contribution in [2.24, 2.45) is 5.73 Å². The van der Waals surface area contributed by atoms with Gasteiger partial charge in [0.25, 0.3) is 0 Å². The van der Waals surface area contributed by atoms with Gasteiger partial charge in [-0.3, -0.25) is 4.79 Å². The van der Waals surface area contributed by atoms with Gasteiger partial charge in [0.15, 0.2) is 5.78 Å². The molecule has 0 bridgehead atoms. The summed E-state index contributed by atoms with van der Waals surface area (Å²) in [6.45, 7) is 1.64. The Labute approximate surface area is 90.2 Å². The van der Waals surface area contributed by atoms with Crippen LogP contribution >= 0.6 is 27.5 Å². The highest BCUT2D eigenvalue weighted by atomic mass is 79.9. The van der Waals surface area contributed by atoms with Gasteiger partial charge in [0, 0.05) is 4.47 Å². The van der Waals surface area contributed by atoms with E-state index >= 15 is 0 Å². The molecule has 1 unspecified atom stereocenters. The van der Waals surface area contributed by atoms with Gasteiger partial charge >= 0.3 is 0 Å². The molecule has 0 aliphatic heterocycles. The molecule has 70 valence electrons. The lowest BCUT2D eigenvalue weighted by Gasteiger charge is -2.07. The molecule has 1 aromatic carbocycles. The predicted octanol–water partition coefficient (Wildman–Crippen LogP) is 2.63. The number of carbonyl (C=O) groups excluding carboxylic acids is 1. The van der Waals surface area contributed by atoms with Crippen LogP contribution in [-0.2, 0) is 0 Å². The SMILES string of the molecule is CC(N)C(=O)c1c(Cl)cccc1Br. The molecule has 1 rings (SSSR count).